The molecule has 142 valence electrons. The lowest BCUT2D eigenvalue weighted by molar-refractivity contribution is 0.353. The van der Waals surface area contributed by atoms with E-state index in [1.807, 2.05) is 0 Å². The minimum Gasteiger partial charge on any atom is -0.493 e. The van der Waals surface area contributed by atoms with Crippen molar-refractivity contribution in [2.24, 2.45) is 0 Å². The number of rotatable bonds is 8. The molecule has 0 bridgehead atoms. The van der Waals surface area contributed by atoms with E-state index in [1.165, 1.54) is 33.5 Å². The Kier molecular flexibility index (Phi) is 6.33. The maximum absolute atomic E-state index is 12.7. The summed E-state index contributed by atoms with van der Waals surface area (Å²) in [6.45, 7) is 1.75. The van der Waals surface area contributed by atoms with Gasteiger partial charge in [-0.3, -0.25) is 0 Å². The number of hydrogen-bond acceptors (Lipinski definition) is 6. The molecule has 0 aromatic heterocycles. The predicted octanol–water partition coefficient (Wildman–Crippen LogP) is 2.76. The summed E-state index contributed by atoms with van der Waals surface area (Å²) in [5, 5.41) is 0. The van der Waals surface area contributed by atoms with Crippen molar-refractivity contribution < 1.29 is 27.4 Å². The lowest BCUT2D eigenvalue weighted by Gasteiger charge is -2.17. The van der Waals surface area contributed by atoms with Crippen LogP contribution in [0.15, 0.2) is 41.3 Å². The van der Waals surface area contributed by atoms with Gasteiger partial charge in [-0.05, 0) is 36.8 Å². The zero-order chi connectivity index (χ0) is 19.3. The van der Waals surface area contributed by atoms with E-state index in [2.05, 4.69) is 4.72 Å². The van der Waals surface area contributed by atoms with Crippen LogP contribution in [0.4, 0.5) is 0 Å². The summed E-state index contributed by atoms with van der Waals surface area (Å²) in [5.74, 6) is 1.90. The summed E-state index contributed by atoms with van der Waals surface area (Å²) in [5.41, 5.74) is 0.742. The second-order valence-electron chi connectivity index (χ2n) is 5.47. The third-order valence-corrected chi connectivity index (χ3v) is 5.44. The summed E-state index contributed by atoms with van der Waals surface area (Å²) in [7, 11) is 2.25. The third kappa shape index (κ3) is 4.20. The SMILES string of the molecule is COc1ccc([C@H](C)NS(=O)(=O)c2ccc(OC)c(OC)c2)cc1OC. The van der Waals surface area contributed by atoms with Crippen LogP contribution in [0.3, 0.4) is 0 Å². The molecule has 0 radical (unpaired) electrons. The monoisotopic (exact) mass is 381 g/mol. The van der Waals surface area contributed by atoms with Crippen LogP contribution < -0.4 is 23.7 Å². The first kappa shape index (κ1) is 19.9. The standard InChI is InChI=1S/C18H23NO6S/c1-12(13-6-8-15(22-2)17(10-13)24-4)19-26(20,21)14-7-9-16(23-3)18(11-14)25-5/h6-12,19H,1-5H3/t12-/m0/s1. The number of sulfonamides is 1. The molecule has 2 aromatic rings. The maximum atomic E-state index is 12.7. The molecule has 26 heavy (non-hydrogen) atoms. The Morgan fingerprint density at radius 3 is 1.81 bits per heavy atom. The lowest BCUT2D eigenvalue weighted by atomic mass is 10.1. The molecule has 2 aromatic carbocycles. The zero-order valence-electron chi connectivity index (χ0n) is 15.4. The van der Waals surface area contributed by atoms with E-state index in [0.717, 1.165) is 5.56 Å². The molecular weight excluding hydrogens is 358 g/mol. The molecule has 0 spiro atoms. The first-order chi connectivity index (χ1) is 12.4. The van der Waals surface area contributed by atoms with E-state index in [-0.39, 0.29) is 4.90 Å². The number of hydrogen-bond donors (Lipinski definition) is 1. The molecule has 0 fully saturated rings. The molecule has 2 rings (SSSR count). The van der Waals surface area contributed by atoms with Crippen molar-refractivity contribution in [3.63, 3.8) is 0 Å². The van der Waals surface area contributed by atoms with Gasteiger partial charge in [-0.15, -0.1) is 0 Å². The van der Waals surface area contributed by atoms with Gasteiger partial charge in [0.1, 0.15) is 0 Å². The Labute approximate surface area is 153 Å². The highest BCUT2D eigenvalue weighted by molar-refractivity contribution is 7.89. The van der Waals surface area contributed by atoms with E-state index < -0.39 is 16.1 Å². The van der Waals surface area contributed by atoms with Crippen molar-refractivity contribution in [2.75, 3.05) is 28.4 Å². The molecule has 1 N–H and O–H groups in total. The highest BCUT2D eigenvalue weighted by Gasteiger charge is 2.21. The normalized spacial score (nSPS) is 12.3. The Morgan fingerprint density at radius 2 is 1.27 bits per heavy atom. The van der Waals surface area contributed by atoms with Crippen molar-refractivity contribution >= 4 is 10.0 Å². The molecule has 0 saturated heterocycles. The predicted molar refractivity (Wildman–Crippen MR) is 97.8 cm³/mol. The van der Waals surface area contributed by atoms with Gasteiger partial charge in [-0.25, -0.2) is 13.1 Å². The molecule has 0 amide bonds. The summed E-state index contributed by atoms with van der Waals surface area (Å²) >= 11 is 0. The molecule has 7 nitrogen and oxygen atoms in total. The highest BCUT2D eigenvalue weighted by Crippen LogP contribution is 2.32. The fourth-order valence-electron chi connectivity index (χ4n) is 2.47. The molecule has 0 saturated carbocycles. The second-order valence-corrected chi connectivity index (χ2v) is 7.19. The number of benzene rings is 2. The summed E-state index contributed by atoms with van der Waals surface area (Å²) in [6, 6.07) is 9.20. The van der Waals surface area contributed by atoms with Gasteiger partial charge in [0, 0.05) is 12.1 Å². The number of nitrogens with one attached hydrogen (secondary N) is 1. The fourth-order valence-corrected chi connectivity index (χ4v) is 3.72. The van der Waals surface area contributed by atoms with Gasteiger partial charge >= 0.3 is 0 Å². The van der Waals surface area contributed by atoms with Gasteiger partial charge < -0.3 is 18.9 Å². The van der Waals surface area contributed by atoms with E-state index in [0.29, 0.717) is 23.0 Å². The van der Waals surface area contributed by atoms with Gasteiger partial charge in [-0.2, -0.15) is 0 Å². The van der Waals surface area contributed by atoms with Crippen molar-refractivity contribution in [1.82, 2.24) is 4.72 Å². The largest absolute Gasteiger partial charge is 0.493 e. The Bertz CT molecular complexity index is 866. The first-order valence-corrected chi connectivity index (χ1v) is 9.31. The highest BCUT2D eigenvalue weighted by atomic mass is 32.2. The van der Waals surface area contributed by atoms with Crippen LogP contribution in [0, 0.1) is 0 Å². The van der Waals surface area contributed by atoms with Gasteiger partial charge in [0.2, 0.25) is 10.0 Å². The van der Waals surface area contributed by atoms with Crippen LogP contribution >= 0.6 is 0 Å². The van der Waals surface area contributed by atoms with Crippen LogP contribution in [-0.4, -0.2) is 36.9 Å². The molecule has 0 aliphatic carbocycles. The minimum atomic E-state index is -3.76. The minimum absolute atomic E-state index is 0.0856. The molecule has 0 unspecified atom stereocenters. The smallest absolute Gasteiger partial charge is 0.241 e. The molecular formula is C18H23NO6S. The molecule has 0 aliphatic rings. The van der Waals surface area contributed by atoms with E-state index in [1.54, 1.807) is 38.3 Å². The summed E-state index contributed by atoms with van der Waals surface area (Å²) in [6.07, 6.45) is 0. The first-order valence-electron chi connectivity index (χ1n) is 7.82. The van der Waals surface area contributed by atoms with Gasteiger partial charge in [-0.1, -0.05) is 6.07 Å². The molecule has 0 heterocycles. The van der Waals surface area contributed by atoms with E-state index >= 15 is 0 Å². The van der Waals surface area contributed by atoms with Gasteiger partial charge in [0.05, 0.1) is 33.3 Å². The van der Waals surface area contributed by atoms with Crippen LogP contribution in [0.2, 0.25) is 0 Å². The Balaban J connectivity index is 2.29. The van der Waals surface area contributed by atoms with Crippen molar-refractivity contribution in [3.8, 4) is 23.0 Å². The molecule has 1 atom stereocenters. The third-order valence-electron chi connectivity index (χ3n) is 3.90. The van der Waals surface area contributed by atoms with Crippen molar-refractivity contribution in [3.05, 3.63) is 42.0 Å². The zero-order valence-corrected chi connectivity index (χ0v) is 16.2. The number of ether oxygens (including phenoxy) is 4. The lowest BCUT2D eigenvalue weighted by Crippen LogP contribution is -2.27. The average Bonchev–Trinajstić information content (AvgIpc) is 2.66. The van der Waals surface area contributed by atoms with Gasteiger partial charge in [0.25, 0.3) is 0 Å². The summed E-state index contributed by atoms with van der Waals surface area (Å²) < 4.78 is 48.8. The molecule has 0 aliphatic heterocycles. The van der Waals surface area contributed by atoms with Crippen LogP contribution in [-0.2, 0) is 10.0 Å². The van der Waals surface area contributed by atoms with Crippen molar-refractivity contribution in [1.29, 1.82) is 0 Å². The van der Waals surface area contributed by atoms with Crippen LogP contribution in [0.1, 0.15) is 18.5 Å². The second kappa shape index (κ2) is 8.29. The van der Waals surface area contributed by atoms with Gasteiger partial charge in [0.15, 0.2) is 23.0 Å². The molecule has 8 heteroatoms. The quantitative estimate of drug-likeness (QED) is 0.757. The Morgan fingerprint density at radius 1 is 0.769 bits per heavy atom. The fraction of sp³-hybridized carbons (Fsp3) is 0.333. The van der Waals surface area contributed by atoms with Crippen LogP contribution in [0.25, 0.3) is 0 Å². The Hall–Kier alpha value is -2.45. The maximum Gasteiger partial charge on any atom is 0.241 e. The summed E-state index contributed by atoms with van der Waals surface area (Å²) in [4.78, 5) is 0.0856. The average molecular weight is 381 g/mol. The van der Waals surface area contributed by atoms with Crippen LogP contribution in [0.5, 0.6) is 23.0 Å². The van der Waals surface area contributed by atoms with E-state index in [4.69, 9.17) is 18.9 Å². The van der Waals surface area contributed by atoms with Crippen molar-refractivity contribution in [2.45, 2.75) is 17.9 Å². The topological polar surface area (TPSA) is 83.1 Å². The number of methoxy groups -OCH3 is 4. The van der Waals surface area contributed by atoms with E-state index in [9.17, 15) is 8.42 Å².